The SMILES string of the molecule is CC[C@@H](O)c1ccccc1Oc1ccc(SC)cc1. The standard InChI is InChI=1S/C16H18O2S/c1-3-15(17)14-6-4-5-7-16(14)18-12-8-10-13(19-2)11-9-12/h4-11,15,17H,3H2,1-2H3/t15-/m1/s1. The average Bonchev–Trinajstić information content (AvgIpc) is 2.48. The van der Waals surface area contributed by atoms with E-state index in [4.69, 9.17) is 4.74 Å². The smallest absolute Gasteiger partial charge is 0.133 e. The lowest BCUT2D eigenvalue weighted by molar-refractivity contribution is 0.170. The van der Waals surface area contributed by atoms with Crippen LogP contribution in [0.15, 0.2) is 53.4 Å². The van der Waals surface area contributed by atoms with Crippen molar-refractivity contribution in [2.75, 3.05) is 6.26 Å². The molecule has 1 N–H and O–H groups in total. The molecule has 2 rings (SSSR count). The minimum Gasteiger partial charge on any atom is -0.457 e. The molecule has 0 saturated carbocycles. The second kappa shape index (κ2) is 6.64. The van der Waals surface area contributed by atoms with Gasteiger partial charge in [0.1, 0.15) is 11.5 Å². The summed E-state index contributed by atoms with van der Waals surface area (Å²) in [6.07, 6.45) is 2.23. The van der Waals surface area contributed by atoms with Gasteiger partial charge in [-0.3, -0.25) is 0 Å². The Morgan fingerprint density at radius 2 is 1.79 bits per heavy atom. The summed E-state index contributed by atoms with van der Waals surface area (Å²) in [4.78, 5) is 1.20. The summed E-state index contributed by atoms with van der Waals surface area (Å²) in [6.45, 7) is 1.95. The van der Waals surface area contributed by atoms with Gasteiger partial charge in [-0.05, 0) is 43.0 Å². The van der Waals surface area contributed by atoms with Gasteiger partial charge < -0.3 is 9.84 Å². The summed E-state index contributed by atoms with van der Waals surface area (Å²) in [7, 11) is 0. The molecule has 3 heteroatoms. The molecule has 0 radical (unpaired) electrons. The molecule has 0 amide bonds. The highest BCUT2D eigenvalue weighted by molar-refractivity contribution is 7.98. The quantitative estimate of drug-likeness (QED) is 0.805. The third-order valence-electron chi connectivity index (χ3n) is 2.95. The third-order valence-corrected chi connectivity index (χ3v) is 3.70. The molecule has 0 aliphatic rings. The predicted octanol–water partition coefficient (Wildman–Crippen LogP) is 4.64. The van der Waals surface area contributed by atoms with Crippen LogP contribution in [-0.2, 0) is 0 Å². The van der Waals surface area contributed by atoms with E-state index in [0.717, 1.165) is 11.3 Å². The maximum atomic E-state index is 9.99. The summed E-state index contributed by atoms with van der Waals surface area (Å²) < 4.78 is 5.86. The van der Waals surface area contributed by atoms with E-state index in [2.05, 4.69) is 0 Å². The van der Waals surface area contributed by atoms with Crippen LogP contribution in [0.3, 0.4) is 0 Å². The maximum Gasteiger partial charge on any atom is 0.133 e. The van der Waals surface area contributed by atoms with Crippen molar-refractivity contribution in [2.45, 2.75) is 24.3 Å². The molecular formula is C16H18O2S. The molecule has 100 valence electrons. The van der Waals surface area contributed by atoms with E-state index in [1.807, 2.05) is 61.7 Å². The van der Waals surface area contributed by atoms with Gasteiger partial charge in [0.2, 0.25) is 0 Å². The average molecular weight is 274 g/mol. The minimum absolute atomic E-state index is 0.485. The fourth-order valence-corrected chi connectivity index (χ4v) is 2.25. The van der Waals surface area contributed by atoms with Crippen molar-refractivity contribution >= 4 is 11.8 Å². The molecular weight excluding hydrogens is 256 g/mol. The van der Waals surface area contributed by atoms with Crippen LogP contribution < -0.4 is 4.74 Å². The monoisotopic (exact) mass is 274 g/mol. The van der Waals surface area contributed by atoms with Gasteiger partial charge in [0.15, 0.2) is 0 Å². The van der Waals surface area contributed by atoms with Crippen LogP contribution in [0, 0.1) is 0 Å². The van der Waals surface area contributed by atoms with Crippen LogP contribution in [0.5, 0.6) is 11.5 Å². The van der Waals surface area contributed by atoms with Crippen molar-refractivity contribution in [3.8, 4) is 11.5 Å². The Bertz CT molecular complexity index is 523. The number of aliphatic hydroxyl groups is 1. The zero-order valence-electron chi connectivity index (χ0n) is 11.2. The molecule has 0 aliphatic heterocycles. The predicted molar refractivity (Wildman–Crippen MR) is 80.0 cm³/mol. The molecule has 0 saturated heterocycles. The van der Waals surface area contributed by atoms with Crippen LogP contribution in [0.1, 0.15) is 25.0 Å². The Morgan fingerprint density at radius 3 is 2.42 bits per heavy atom. The first kappa shape index (κ1) is 14.0. The number of thioether (sulfide) groups is 1. The lowest BCUT2D eigenvalue weighted by atomic mass is 10.1. The number of para-hydroxylation sites is 1. The molecule has 0 aromatic heterocycles. The summed E-state index contributed by atoms with van der Waals surface area (Å²) >= 11 is 1.70. The Morgan fingerprint density at radius 1 is 1.11 bits per heavy atom. The largest absolute Gasteiger partial charge is 0.457 e. The molecule has 0 fully saturated rings. The van der Waals surface area contributed by atoms with Crippen molar-refractivity contribution in [1.29, 1.82) is 0 Å². The summed E-state index contributed by atoms with van der Waals surface area (Å²) in [5, 5.41) is 9.99. The summed E-state index contributed by atoms with van der Waals surface area (Å²) in [6, 6.07) is 15.6. The number of aliphatic hydroxyl groups excluding tert-OH is 1. The van der Waals surface area contributed by atoms with E-state index in [-0.39, 0.29) is 0 Å². The van der Waals surface area contributed by atoms with E-state index >= 15 is 0 Å². The number of hydrogen-bond acceptors (Lipinski definition) is 3. The van der Waals surface area contributed by atoms with Crippen LogP contribution in [0.2, 0.25) is 0 Å². The first-order chi connectivity index (χ1) is 9.24. The topological polar surface area (TPSA) is 29.5 Å². The van der Waals surface area contributed by atoms with Crippen molar-refractivity contribution in [3.05, 3.63) is 54.1 Å². The molecule has 2 aromatic rings. The normalized spacial score (nSPS) is 12.2. The third kappa shape index (κ3) is 3.52. The van der Waals surface area contributed by atoms with Gasteiger partial charge in [0, 0.05) is 10.5 Å². The van der Waals surface area contributed by atoms with Gasteiger partial charge in [0.05, 0.1) is 6.10 Å². The molecule has 0 spiro atoms. The van der Waals surface area contributed by atoms with E-state index in [0.29, 0.717) is 12.2 Å². The van der Waals surface area contributed by atoms with Crippen molar-refractivity contribution < 1.29 is 9.84 Å². The maximum absolute atomic E-state index is 9.99. The summed E-state index contributed by atoms with van der Waals surface area (Å²) in [5.74, 6) is 1.50. The van der Waals surface area contributed by atoms with Gasteiger partial charge >= 0.3 is 0 Å². The van der Waals surface area contributed by atoms with Crippen LogP contribution in [0.4, 0.5) is 0 Å². The lowest BCUT2D eigenvalue weighted by Crippen LogP contribution is -1.98. The van der Waals surface area contributed by atoms with E-state index < -0.39 is 6.10 Å². The van der Waals surface area contributed by atoms with Gasteiger partial charge in [-0.25, -0.2) is 0 Å². The number of rotatable bonds is 5. The molecule has 2 aromatic carbocycles. The number of ether oxygens (including phenoxy) is 1. The first-order valence-corrected chi connectivity index (χ1v) is 7.56. The summed E-state index contributed by atoms with van der Waals surface area (Å²) in [5.41, 5.74) is 0.832. The Kier molecular flexibility index (Phi) is 4.88. The van der Waals surface area contributed by atoms with Crippen LogP contribution in [-0.4, -0.2) is 11.4 Å². The van der Waals surface area contributed by atoms with Crippen LogP contribution >= 0.6 is 11.8 Å². The number of hydrogen-bond donors (Lipinski definition) is 1. The molecule has 19 heavy (non-hydrogen) atoms. The minimum atomic E-state index is -0.485. The molecule has 2 nitrogen and oxygen atoms in total. The highest BCUT2D eigenvalue weighted by Gasteiger charge is 2.11. The first-order valence-electron chi connectivity index (χ1n) is 6.33. The van der Waals surface area contributed by atoms with Crippen LogP contribution in [0.25, 0.3) is 0 Å². The Labute approximate surface area is 118 Å². The second-order valence-corrected chi connectivity index (χ2v) is 5.12. The van der Waals surface area contributed by atoms with E-state index in [1.165, 1.54) is 4.90 Å². The van der Waals surface area contributed by atoms with Crippen molar-refractivity contribution in [3.63, 3.8) is 0 Å². The number of benzene rings is 2. The zero-order chi connectivity index (χ0) is 13.7. The van der Waals surface area contributed by atoms with Crippen molar-refractivity contribution in [1.82, 2.24) is 0 Å². The Hall–Kier alpha value is -1.45. The molecule has 0 bridgehead atoms. The fourth-order valence-electron chi connectivity index (χ4n) is 1.84. The van der Waals surface area contributed by atoms with Gasteiger partial charge in [0.25, 0.3) is 0 Å². The van der Waals surface area contributed by atoms with Gasteiger partial charge in [-0.15, -0.1) is 11.8 Å². The molecule has 0 unspecified atom stereocenters. The Balaban J connectivity index is 2.22. The highest BCUT2D eigenvalue weighted by atomic mass is 32.2. The van der Waals surface area contributed by atoms with Gasteiger partial charge in [-0.1, -0.05) is 25.1 Å². The van der Waals surface area contributed by atoms with E-state index in [1.54, 1.807) is 11.8 Å². The lowest BCUT2D eigenvalue weighted by Gasteiger charge is -2.14. The highest BCUT2D eigenvalue weighted by Crippen LogP contribution is 2.31. The fraction of sp³-hybridized carbons (Fsp3) is 0.250. The second-order valence-electron chi connectivity index (χ2n) is 4.24. The van der Waals surface area contributed by atoms with Gasteiger partial charge in [-0.2, -0.15) is 0 Å². The zero-order valence-corrected chi connectivity index (χ0v) is 12.0. The molecule has 0 aliphatic carbocycles. The molecule has 1 atom stereocenters. The molecule has 0 heterocycles. The van der Waals surface area contributed by atoms with E-state index in [9.17, 15) is 5.11 Å². The van der Waals surface area contributed by atoms with Crippen molar-refractivity contribution in [2.24, 2.45) is 0 Å².